The fourth-order valence-electron chi connectivity index (χ4n) is 2.35. The van der Waals surface area contributed by atoms with Crippen LogP contribution in [0.15, 0.2) is 23.8 Å². The zero-order chi connectivity index (χ0) is 17.7. The largest absolute Gasteiger partial charge is 0.497 e. The van der Waals surface area contributed by atoms with Gasteiger partial charge in [0.1, 0.15) is 24.7 Å². The highest BCUT2D eigenvalue weighted by Crippen LogP contribution is 2.30. The van der Waals surface area contributed by atoms with Crippen LogP contribution < -0.4 is 9.47 Å². The van der Waals surface area contributed by atoms with Gasteiger partial charge in [-0.2, -0.15) is 0 Å². The zero-order valence-corrected chi connectivity index (χ0v) is 14.1. The Bertz CT molecular complexity index is 654. The van der Waals surface area contributed by atoms with Crippen molar-refractivity contribution in [2.45, 2.75) is 0 Å². The van der Waals surface area contributed by atoms with E-state index in [1.807, 2.05) is 19.0 Å². The van der Waals surface area contributed by atoms with Crippen molar-refractivity contribution < 1.29 is 24.2 Å². The maximum atomic E-state index is 12.7. The number of carboxylic acids is 1. The molecule has 1 heterocycles. The predicted octanol–water partition coefficient (Wildman–Crippen LogP) is 0.946. The summed E-state index contributed by atoms with van der Waals surface area (Å²) >= 11 is 0. The van der Waals surface area contributed by atoms with Crippen molar-refractivity contribution in [2.75, 3.05) is 47.4 Å². The van der Waals surface area contributed by atoms with Crippen LogP contribution in [0, 0.1) is 0 Å². The summed E-state index contributed by atoms with van der Waals surface area (Å²) in [7, 11) is 5.31. The van der Waals surface area contributed by atoms with Crippen LogP contribution in [-0.4, -0.2) is 74.2 Å². The van der Waals surface area contributed by atoms with Gasteiger partial charge in [-0.05, 0) is 38.4 Å². The molecule has 0 bridgehead atoms. The number of fused-ring (bicyclic) bond motifs is 1. The van der Waals surface area contributed by atoms with Gasteiger partial charge < -0.3 is 24.4 Å². The number of nitrogens with zero attached hydrogens (tertiary/aromatic N) is 2. The number of ether oxygens (including phenoxy) is 2. The Kier molecular flexibility index (Phi) is 5.81. The minimum absolute atomic E-state index is 0.121. The Morgan fingerprint density at radius 3 is 2.67 bits per heavy atom. The van der Waals surface area contributed by atoms with E-state index in [9.17, 15) is 9.59 Å². The molecule has 1 aromatic carbocycles. The maximum absolute atomic E-state index is 12.7. The third kappa shape index (κ3) is 4.48. The molecule has 0 unspecified atom stereocenters. The Morgan fingerprint density at radius 2 is 2.04 bits per heavy atom. The smallest absolute Gasteiger partial charge is 0.323 e. The molecule has 1 N–H and O–H groups in total. The summed E-state index contributed by atoms with van der Waals surface area (Å²) in [5.41, 5.74) is 1.17. The Hall–Kier alpha value is -2.54. The third-order valence-electron chi connectivity index (χ3n) is 3.64. The van der Waals surface area contributed by atoms with Gasteiger partial charge in [-0.15, -0.1) is 0 Å². The van der Waals surface area contributed by atoms with Gasteiger partial charge >= 0.3 is 5.97 Å². The van der Waals surface area contributed by atoms with E-state index >= 15 is 0 Å². The minimum Gasteiger partial charge on any atom is -0.497 e. The van der Waals surface area contributed by atoms with Crippen LogP contribution in [-0.2, 0) is 9.59 Å². The number of carbonyl (C=O) groups excluding carboxylic acids is 1. The molecule has 0 radical (unpaired) electrons. The molecular formula is C17H22N2O5. The van der Waals surface area contributed by atoms with Gasteiger partial charge in [0.15, 0.2) is 0 Å². The van der Waals surface area contributed by atoms with Gasteiger partial charge in [0, 0.05) is 18.7 Å². The molecule has 0 aromatic heterocycles. The highest BCUT2D eigenvalue weighted by molar-refractivity contribution is 6.00. The topological polar surface area (TPSA) is 79.3 Å². The van der Waals surface area contributed by atoms with Crippen LogP contribution in [0.25, 0.3) is 6.08 Å². The van der Waals surface area contributed by atoms with Crippen molar-refractivity contribution in [3.63, 3.8) is 0 Å². The Labute approximate surface area is 141 Å². The summed E-state index contributed by atoms with van der Waals surface area (Å²) in [4.78, 5) is 26.9. The number of hydrogen-bond acceptors (Lipinski definition) is 5. The summed E-state index contributed by atoms with van der Waals surface area (Å²) in [5.74, 6) is -0.0306. The van der Waals surface area contributed by atoms with Crippen LogP contribution in [0.3, 0.4) is 0 Å². The lowest BCUT2D eigenvalue weighted by Crippen LogP contribution is -2.41. The lowest BCUT2D eigenvalue weighted by atomic mass is 10.1. The molecular weight excluding hydrogens is 312 g/mol. The first-order valence-electron chi connectivity index (χ1n) is 7.58. The monoisotopic (exact) mass is 334 g/mol. The van der Waals surface area contributed by atoms with E-state index < -0.39 is 5.97 Å². The summed E-state index contributed by atoms with van der Waals surface area (Å²) < 4.78 is 10.8. The molecule has 0 fully saturated rings. The van der Waals surface area contributed by atoms with Gasteiger partial charge in [-0.25, -0.2) is 0 Å². The number of benzene rings is 1. The number of hydrogen-bond donors (Lipinski definition) is 1. The summed E-state index contributed by atoms with van der Waals surface area (Å²) in [5, 5.41) is 9.05. The van der Waals surface area contributed by atoms with E-state index in [1.54, 1.807) is 31.4 Å². The van der Waals surface area contributed by atoms with E-state index in [1.165, 1.54) is 4.90 Å². The highest BCUT2D eigenvalue weighted by atomic mass is 16.5. The van der Waals surface area contributed by atoms with E-state index in [0.717, 1.165) is 5.56 Å². The van der Waals surface area contributed by atoms with Crippen molar-refractivity contribution in [3.8, 4) is 11.5 Å². The van der Waals surface area contributed by atoms with Crippen molar-refractivity contribution >= 4 is 18.0 Å². The van der Waals surface area contributed by atoms with Crippen molar-refractivity contribution in [3.05, 3.63) is 29.3 Å². The second kappa shape index (κ2) is 7.83. The first-order chi connectivity index (χ1) is 11.4. The van der Waals surface area contributed by atoms with Crippen molar-refractivity contribution in [1.29, 1.82) is 0 Å². The van der Waals surface area contributed by atoms with E-state index in [0.29, 0.717) is 30.2 Å². The normalized spacial score (nSPS) is 12.9. The predicted molar refractivity (Wildman–Crippen MR) is 89.2 cm³/mol. The fourth-order valence-corrected chi connectivity index (χ4v) is 2.35. The number of aliphatic carboxylic acids is 1. The average Bonchev–Trinajstić information content (AvgIpc) is 2.56. The number of rotatable bonds is 7. The molecule has 1 aliphatic rings. The molecule has 0 saturated heterocycles. The van der Waals surface area contributed by atoms with E-state index in [2.05, 4.69) is 0 Å². The number of carbonyl (C=O) groups is 2. The van der Waals surface area contributed by atoms with Gasteiger partial charge in [0.2, 0.25) is 0 Å². The number of likely N-dealkylation sites (N-methyl/N-ethyl adjacent to an activating group) is 1. The number of methoxy groups -OCH3 is 1. The molecule has 130 valence electrons. The molecule has 1 aromatic rings. The van der Waals surface area contributed by atoms with Crippen LogP contribution in [0.1, 0.15) is 5.56 Å². The molecule has 0 aliphatic carbocycles. The molecule has 0 spiro atoms. The third-order valence-corrected chi connectivity index (χ3v) is 3.64. The molecule has 7 nitrogen and oxygen atoms in total. The molecule has 2 rings (SSSR count). The van der Waals surface area contributed by atoms with E-state index in [-0.39, 0.29) is 19.1 Å². The lowest BCUT2D eigenvalue weighted by molar-refractivity contribution is -0.143. The molecule has 1 aliphatic heterocycles. The Balaban J connectivity index is 2.21. The molecule has 24 heavy (non-hydrogen) atoms. The summed E-state index contributed by atoms with van der Waals surface area (Å²) in [6.45, 7) is 0.698. The second-order valence-electron chi connectivity index (χ2n) is 5.79. The van der Waals surface area contributed by atoms with E-state index in [4.69, 9.17) is 14.6 Å². The zero-order valence-electron chi connectivity index (χ0n) is 14.1. The molecule has 1 amide bonds. The molecule has 0 saturated carbocycles. The fraction of sp³-hybridized carbons (Fsp3) is 0.412. The van der Waals surface area contributed by atoms with Crippen LogP contribution in [0.2, 0.25) is 0 Å². The van der Waals surface area contributed by atoms with Gasteiger partial charge in [-0.1, -0.05) is 0 Å². The van der Waals surface area contributed by atoms with Gasteiger partial charge in [-0.3, -0.25) is 9.59 Å². The van der Waals surface area contributed by atoms with Crippen molar-refractivity contribution in [2.24, 2.45) is 0 Å². The number of carboxylic acid groups (broad SMARTS) is 1. The maximum Gasteiger partial charge on any atom is 0.323 e. The van der Waals surface area contributed by atoms with Crippen LogP contribution in [0.5, 0.6) is 11.5 Å². The SMILES string of the molecule is COc1ccc2c(c1)C=C(C(=O)N(CCN(C)C)CC(=O)O)CO2. The average molecular weight is 334 g/mol. The number of amides is 1. The highest BCUT2D eigenvalue weighted by Gasteiger charge is 2.24. The first-order valence-corrected chi connectivity index (χ1v) is 7.58. The lowest BCUT2D eigenvalue weighted by Gasteiger charge is -2.25. The minimum atomic E-state index is -1.04. The standard InChI is InChI=1S/C17H22N2O5/c1-18(2)6-7-19(10-16(20)21)17(22)13-8-12-9-14(23-3)4-5-15(12)24-11-13/h4-5,8-9H,6-7,10-11H2,1-3H3,(H,20,21). The van der Waals surface area contributed by atoms with Crippen LogP contribution >= 0.6 is 0 Å². The quantitative estimate of drug-likeness (QED) is 0.800. The summed E-state index contributed by atoms with van der Waals surface area (Å²) in [6, 6.07) is 5.35. The van der Waals surface area contributed by atoms with Crippen LogP contribution in [0.4, 0.5) is 0 Å². The molecule has 0 atom stereocenters. The summed E-state index contributed by atoms with van der Waals surface area (Å²) in [6.07, 6.45) is 1.73. The molecule has 7 heteroatoms. The first kappa shape index (κ1) is 17.8. The Morgan fingerprint density at radius 1 is 1.29 bits per heavy atom. The van der Waals surface area contributed by atoms with Crippen molar-refractivity contribution in [1.82, 2.24) is 9.80 Å². The van der Waals surface area contributed by atoms with Gasteiger partial charge in [0.05, 0.1) is 12.7 Å². The van der Waals surface area contributed by atoms with Gasteiger partial charge in [0.25, 0.3) is 5.91 Å². The second-order valence-corrected chi connectivity index (χ2v) is 5.79.